The van der Waals surface area contributed by atoms with E-state index >= 15 is 0 Å². The van der Waals surface area contributed by atoms with Crippen LogP contribution in [0, 0.1) is 5.92 Å². The molecule has 1 saturated heterocycles. The number of carbonyl (C=O) groups excluding carboxylic acids is 3. The third kappa shape index (κ3) is 7.90. The molecule has 2 aromatic carbocycles. The summed E-state index contributed by atoms with van der Waals surface area (Å²) in [5.74, 6) is -0.364. The Balaban J connectivity index is 1.62. The van der Waals surface area contributed by atoms with E-state index in [9.17, 15) is 14.4 Å². The average Bonchev–Trinajstić information content (AvgIpc) is 2.87. The Morgan fingerprint density at radius 1 is 0.971 bits per heavy atom. The fourth-order valence-corrected chi connectivity index (χ4v) is 3.99. The van der Waals surface area contributed by atoms with Gasteiger partial charge in [-0.2, -0.15) is 0 Å². The quantitative estimate of drug-likeness (QED) is 0.532. The highest BCUT2D eigenvalue weighted by molar-refractivity contribution is 5.88. The molecular formula is C27H35N3O4. The zero-order valence-electron chi connectivity index (χ0n) is 19.9. The van der Waals surface area contributed by atoms with Crippen molar-refractivity contribution in [2.24, 2.45) is 11.7 Å². The molecule has 2 unspecified atom stereocenters. The van der Waals surface area contributed by atoms with E-state index in [1.54, 1.807) is 6.92 Å². The fraction of sp³-hybridized carbons (Fsp3) is 0.444. The van der Waals surface area contributed by atoms with Crippen LogP contribution in [0.4, 0.5) is 0 Å². The normalized spacial score (nSPS) is 15.3. The van der Waals surface area contributed by atoms with Crippen molar-refractivity contribution in [2.45, 2.75) is 58.1 Å². The maximum atomic E-state index is 13.2. The van der Waals surface area contributed by atoms with E-state index in [0.717, 1.165) is 49.2 Å². The molecule has 0 aromatic heterocycles. The number of rotatable bonds is 11. The second-order valence-corrected chi connectivity index (χ2v) is 8.97. The zero-order chi connectivity index (χ0) is 24.3. The lowest BCUT2D eigenvalue weighted by atomic mass is 10.0. The van der Waals surface area contributed by atoms with Crippen molar-refractivity contribution in [3.63, 3.8) is 0 Å². The van der Waals surface area contributed by atoms with Gasteiger partial charge in [-0.15, -0.1) is 0 Å². The molecule has 7 heteroatoms. The molecule has 1 fully saturated rings. The van der Waals surface area contributed by atoms with Crippen molar-refractivity contribution in [2.75, 3.05) is 13.1 Å². The van der Waals surface area contributed by atoms with Crippen LogP contribution in [0.1, 0.15) is 50.2 Å². The minimum atomic E-state index is -0.648. The topological polar surface area (TPSA) is 102 Å². The van der Waals surface area contributed by atoms with Crippen molar-refractivity contribution in [1.82, 2.24) is 10.2 Å². The molecule has 0 saturated carbocycles. The number of piperidine rings is 1. The molecule has 0 radical (unpaired) electrons. The number of likely N-dealkylation sites (tertiary alicyclic amines) is 1. The Kier molecular flexibility index (Phi) is 9.50. The van der Waals surface area contributed by atoms with E-state index in [0.29, 0.717) is 19.4 Å². The summed E-state index contributed by atoms with van der Waals surface area (Å²) in [4.78, 5) is 38.9. The van der Waals surface area contributed by atoms with Gasteiger partial charge in [0.2, 0.25) is 17.7 Å². The Morgan fingerprint density at radius 3 is 2.29 bits per heavy atom. The second-order valence-electron chi connectivity index (χ2n) is 8.97. The molecule has 1 aliphatic heterocycles. The zero-order valence-corrected chi connectivity index (χ0v) is 19.9. The van der Waals surface area contributed by atoms with E-state index in [4.69, 9.17) is 10.5 Å². The van der Waals surface area contributed by atoms with Gasteiger partial charge >= 0.3 is 0 Å². The summed E-state index contributed by atoms with van der Waals surface area (Å²) >= 11 is 0. The highest BCUT2D eigenvalue weighted by Gasteiger charge is 2.27. The molecule has 3 N–H and O–H groups in total. The number of ether oxygens (including phenoxy) is 1. The lowest BCUT2D eigenvalue weighted by molar-refractivity contribution is -0.137. The third-order valence-corrected chi connectivity index (χ3v) is 6.20. The highest BCUT2D eigenvalue weighted by atomic mass is 16.5. The first-order valence-electron chi connectivity index (χ1n) is 12.1. The Hall–Kier alpha value is -3.35. The second kappa shape index (κ2) is 12.8. The first-order chi connectivity index (χ1) is 16.4. The van der Waals surface area contributed by atoms with Crippen LogP contribution < -0.4 is 15.8 Å². The summed E-state index contributed by atoms with van der Waals surface area (Å²) in [6, 6.07) is 16.9. The highest BCUT2D eigenvalue weighted by Crippen LogP contribution is 2.17. The number of nitrogens with two attached hydrogens (primary N) is 1. The standard InChI is InChI=1S/C27H35N3O4/c1-20(26(28)32)10-15-25(31)29-24(27(33)30-16-6-3-7-17-30)18-21-11-13-23(14-12-21)34-19-22-8-4-2-5-9-22/h2,4-5,8-9,11-14,20,24H,3,6-7,10,15-19H2,1H3,(H2,28,32)(H,29,31). The van der Waals surface area contributed by atoms with Gasteiger partial charge in [0.15, 0.2) is 0 Å². The van der Waals surface area contributed by atoms with Gasteiger partial charge in [-0.05, 0) is 48.9 Å². The first kappa shape index (κ1) is 25.3. The van der Waals surface area contributed by atoms with Crippen LogP contribution in [-0.4, -0.2) is 41.8 Å². The number of hydrogen-bond acceptors (Lipinski definition) is 4. The molecule has 182 valence electrons. The lowest BCUT2D eigenvalue weighted by Gasteiger charge is -2.31. The summed E-state index contributed by atoms with van der Waals surface area (Å²) in [5, 5.41) is 2.90. The van der Waals surface area contributed by atoms with E-state index in [-0.39, 0.29) is 24.2 Å². The van der Waals surface area contributed by atoms with Crippen LogP contribution >= 0.6 is 0 Å². The van der Waals surface area contributed by atoms with Gasteiger partial charge in [0.25, 0.3) is 0 Å². The van der Waals surface area contributed by atoms with Gasteiger partial charge in [0.05, 0.1) is 0 Å². The van der Waals surface area contributed by atoms with Crippen LogP contribution in [0.5, 0.6) is 5.75 Å². The molecule has 3 amide bonds. The van der Waals surface area contributed by atoms with Crippen molar-refractivity contribution in [1.29, 1.82) is 0 Å². The van der Waals surface area contributed by atoms with Crippen molar-refractivity contribution in [3.8, 4) is 5.75 Å². The van der Waals surface area contributed by atoms with E-state index in [1.165, 1.54) is 0 Å². The average molecular weight is 466 g/mol. The number of benzene rings is 2. The molecule has 2 aromatic rings. The predicted molar refractivity (Wildman–Crippen MR) is 131 cm³/mol. The Morgan fingerprint density at radius 2 is 1.65 bits per heavy atom. The number of carbonyl (C=O) groups is 3. The fourth-order valence-electron chi connectivity index (χ4n) is 3.99. The van der Waals surface area contributed by atoms with Gasteiger partial charge in [-0.25, -0.2) is 0 Å². The summed E-state index contributed by atoms with van der Waals surface area (Å²) in [6.45, 7) is 3.62. The number of nitrogens with zero attached hydrogens (tertiary/aromatic N) is 1. The van der Waals surface area contributed by atoms with Crippen LogP contribution in [0.2, 0.25) is 0 Å². The third-order valence-electron chi connectivity index (χ3n) is 6.20. The summed E-state index contributed by atoms with van der Waals surface area (Å²) in [6.07, 6.45) is 3.99. The van der Waals surface area contributed by atoms with Crippen LogP contribution in [0.15, 0.2) is 54.6 Å². The maximum absolute atomic E-state index is 13.2. The van der Waals surface area contributed by atoms with Crippen LogP contribution in [-0.2, 0) is 27.4 Å². The molecule has 2 atom stereocenters. The van der Waals surface area contributed by atoms with Crippen molar-refractivity contribution < 1.29 is 19.1 Å². The van der Waals surface area contributed by atoms with E-state index in [2.05, 4.69) is 5.32 Å². The Labute approximate surface area is 201 Å². The van der Waals surface area contributed by atoms with Crippen LogP contribution in [0.3, 0.4) is 0 Å². The number of amides is 3. The predicted octanol–water partition coefficient (Wildman–Crippen LogP) is 3.21. The monoisotopic (exact) mass is 465 g/mol. The molecule has 7 nitrogen and oxygen atoms in total. The lowest BCUT2D eigenvalue weighted by Crippen LogP contribution is -2.51. The van der Waals surface area contributed by atoms with E-state index in [1.807, 2.05) is 59.5 Å². The minimum absolute atomic E-state index is 0.0552. The minimum Gasteiger partial charge on any atom is -0.489 e. The number of nitrogens with one attached hydrogen (secondary N) is 1. The van der Waals surface area contributed by atoms with Gasteiger partial charge < -0.3 is 20.7 Å². The molecule has 34 heavy (non-hydrogen) atoms. The first-order valence-corrected chi connectivity index (χ1v) is 12.1. The molecular weight excluding hydrogens is 430 g/mol. The summed E-state index contributed by atoms with van der Waals surface area (Å²) < 4.78 is 5.85. The van der Waals surface area contributed by atoms with Crippen LogP contribution in [0.25, 0.3) is 0 Å². The smallest absolute Gasteiger partial charge is 0.245 e. The molecule has 1 heterocycles. The van der Waals surface area contributed by atoms with Gasteiger partial charge in [0.1, 0.15) is 18.4 Å². The maximum Gasteiger partial charge on any atom is 0.245 e. The molecule has 3 rings (SSSR count). The number of hydrogen-bond donors (Lipinski definition) is 2. The van der Waals surface area contributed by atoms with Crippen molar-refractivity contribution >= 4 is 17.7 Å². The molecule has 1 aliphatic rings. The number of primary amides is 1. The molecule has 0 aliphatic carbocycles. The SMILES string of the molecule is CC(CCC(=O)NC(Cc1ccc(OCc2ccccc2)cc1)C(=O)N1CCCCC1)C(N)=O. The Bertz CT molecular complexity index is 940. The molecule has 0 bridgehead atoms. The van der Waals surface area contributed by atoms with E-state index < -0.39 is 11.9 Å². The van der Waals surface area contributed by atoms with Gasteiger partial charge in [-0.3, -0.25) is 14.4 Å². The van der Waals surface area contributed by atoms with Gasteiger partial charge in [-0.1, -0.05) is 49.4 Å². The molecule has 0 spiro atoms. The van der Waals surface area contributed by atoms with Crippen molar-refractivity contribution in [3.05, 3.63) is 65.7 Å². The van der Waals surface area contributed by atoms with Gasteiger partial charge in [0, 0.05) is 31.8 Å². The largest absolute Gasteiger partial charge is 0.489 e. The summed E-state index contributed by atoms with van der Waals surface area (Å²) in [5.41, 5.74) is 7.32. The summed E-state index contributed by atoms with van der Waals surface area (Å²) in [7, 11) is 0.